The number of nitrogens with two attached hydrogens (primary N) is 2. The summed E-state index contributed by atoms with van der Waals surface area (Å²) in [7, 11) is 0. The first-order valence-corrected chi connectivity index (χ1v) is 6.56. The summed E-state index contributed by atoms with van der Waals surface area (Å²) in [6.45, 7) is -0.0572. The van der Waals surface area contributed by atoms with E-state index < -0.39 is 5.82 Å². The van der Waals surface area contributed by atoms with Gasteiger partial charge in [-0.1, -0.05) is 23.7 Å². The van der Waals surface area contributed by atoms with Crippen LogP contribution in [0.3, 0.4) is 0 Å². The number of anilines is 5. The van der Waals surface area contributed by atoms with E-state index in [2.05, 4.69) is 5.32 Å². The van der Waals surface area contributed by atoms with Gasteiger partial charge in [0, 0.05) is 0 Å². The third-order valence-corrected chi connectivity index (χ3v) is 3.66. The number of hydrogen-bond acceptors (Lipinski definition) is 4. The fourth-order valence-electron chi connectivity index (χ4n) is 2.36. The lowest BCUT2D eigenvalue weighted by Gasteiger charge is -2.32. The Morgan fingerprint density at radius 3 is 2.71 bits per heavy atom. The fourth-order valence-corrected chi connectivity index (χ4v) is 2.51. The van der Waals surface area contributed by atoms with Crippen molar-refractivity contribution < 1.29 is 9.18 Å². The highest BCUT2D eigenvalue weighted by Crippen LogP contribution is 2.42. The van der Waals surface area contributed by atoms with E-state index >= 15 is 0 Å². The molecule has 1 heterocycles. The summed E-state index contributed by atoms with van der Waals surface area (Å²) in [5, 5.41) is 2.52. The van der Waals surface area contributed by atoms with Crippen LogP contribution in [0.5, 0.6) is 0 Å². The molecule has 7 heteroatoms. The van der Waals surface area contributed by atoms with Gasteiger partial charge in [-0.15, -0.1) is 0 Å². The highest BCUT2D eigenvalue weighted by atomic mass is 35.5. The van der Waals surface area contributed by atoms with Crippen molar-refractivity contribution in [2.75, 3.05) is 28.2 Å². The summed E-state index contributed by atoms with van der Waals surface area (Å²) in [6, 6.07) is 8.44. The second-order valence-corrected chi connectivity index (χ2v) is 5.06. The molecule has 2 aromatic rings. The van der Waals surface area contributed by atoms with E-state index in [-0.39, 0.29) is 34.5 Å². The standard InChI is InChI=1S/C14H12ClFN4O/c15-12-7(17)5-8(18)14(13(12)16)20-6-11(21)19-9-3-1-2-4-10(9)20/h1-5H,6,17-18H2,(H,19,21). The highest BCUT2D eigenvalue weighted by Gasteiger charge is 2.28. The summed E-state index contributed by atoms with van der Waals surface area (Å²) in [4.78, 5) is 13.3. The lowest BCUT2D eigenvalue weighted by atomic mass is 10.1. The molecule has 5 nitrogen and oxygen atoms in total. The maximum atomic E-state index is 14.5. The van der Waals surface area contributed by atoms with E-state index in [1.54, 1.807) is 24.3 Å². The number of benzene rings is 2. The van der Waals surface area contributed by atoms with E-state index in [0.717, 1.165) is 0 Å². The van der Waals surface area contributed by atoms with Gasteiger partial charge in [-0.05, 0) is 18.2 Å². The third-order valence-electron chi connectivity index (χ3n) is 3.28. The minimum absolute atomic E-state index is 0.0523. The van der Waals surface area contributed by atoms with Gasteiger partial charge in [0.15, 0.2) is 5.82 Å². The Labute approximate surface area is 125 Å². The number of carbonyl (C=O) groups excluding carboxylic acids is 1. The molecule has 0 aromatic heterocycles. The Bertz CT molecular complexity index is 750. The Morgan fingerprint density at radius 2 is 1.95 bits per heavy atom. The molecule has 0 radical (unpaired) electrons. The topological polar surface area (TPSA) is 84.4 Å². The number of nitrogens with zero attached hydrogens (tertiary/aromatic N) is 1. The maximum Gasteiger partial charge on any atom is 0.244 e. The predicted molar refractivity (Wildman–Crippen MR) is 82.3 cm³/mol. The number of hydrogen-bond donors (Lipinski definition) is 3. The quantitative estimate of drug-likeness (QED) is 0.707. The Kier molecular flexibility index (Phi) is 3.10. The first kappa shape index (κ1) is 13.5. The SMILES string of the molecule is Nc1cc(N)c(N2CC(=O)Nc3ccccc32)c(F)c1Cl. The zero-order valence-corrected chi connectivity index (χ0v) is 11.6. The van der Waals surface area contributed by atoms with Gasteiger partial charge in [-0.2, -0.15) is 0 Å². The summed E-state index contributed by atoms with van der Waals surface area (Å²) in [6.07, 6.45) is 0. The molecule has 21 heavy (non-hydrogen) atoms. The first-order valence-electron chi connectivity index (χ1n) is 6.18. The normalized spacial score (nSPS) is 13.8. The molecule has 0 saturated heterocycles. The van der Waals surface area contributed by atoms with Crippen LogP contribution < -0.4 is 21.7 Å². The smallest absolute Gasteiger partial charge is 0.244 e. The third kappa shape index (κ3) is 2.13. The summed E-state index contributed by atoms with van der Waals surface area (Å²) < 4.78 is 14.5. The Balaban J connectivity index is 2.22. The first-order chi connectivity index (χ1) is 9.99. The largest absolute Gasteiger partial charge is 0.397 e. The molecule has 5 N–H and O–H groups in total. The molecule has 0 bridgehead atoms. The number of fused-ring (bicyclic) bond motifs is 1. The second-order valence-electron chi connectivity index (χ2n) is 4.68. The van der Waals surface area contributed by atoms with Crippen LogP contribution in [-0.2, 0) is 4.79 Å². The molecule has 0 unspecified atom stereocenters. The van der Waals surface area contributed by atoms with Crippen molar-refractivity contribution in [3.63, 3.8) is 0 Å². The van der Waals surface area contributed by atoms with E-state index in [4.69, 9.17) is 23.1 Å². The van der Waals surface area contributed by atoms with E-state index in [1.807, 2.05) is 0 Å². The lowest BCUT2D eigenvalue weighted by Crippen LogP contribution is -2.35. The van der Waals surface area contributed by atoms with Crippen molar-refractivity contribution >= 4 is 45.9 Å². The van der Waals surface area contributed by atoms with Gasteiger partial charge in [0.05, 0.1) is 22.7 Å². The molecule has 0 atom stereocenters. The van der Waals surface area contributed by atoms with E-state index in [9.17, 15) is 9.18 Å². The maximum absolute atomic E-state index is 14.5. The summed E-state index contributed by atoms with van der Waals surface area (Å²) in [5.74, 6) is -1.00. The van der Waals surface area contributed by atoms with E-state index in [0.29, 0.717) is 11.4 Å². The van der Waals surface area contributed by atoms with Crippen molar-refractivity contribution in [1.29, 1.82) is 0 Å². The number of rotatable bonds is 1. The predicted octanol–water partition coefficient (Wildman–Crippen LogP) is 2.73. The number of halogens is 2. The van der Waals surface area contributed by atoms with Gasteiger partial charge in [-0.25, -0.2) is 4.39 Å². The molecule has 3 rings (SSSR count). The number of para-hydroxylation sites is 2. The lowest BCUT2D eigenvalue weighted by molar-refractivity contribution is -0.115. The van der Waals surface area contributed by atoms with Crippen LogP contribution in [0, 0.1) is 5.82 Å². The van der Waals surface area contributed by atoms with Crippen molar-refractivity contribution in [3.8, 4) is 0 Å². The summed E-state index contributed by atoms with van der Waals surface area (Å²) in [5.41, 5.74) is 12.9. The number of amides is 1. The molecule has 2 aromatic carbocycles. The molecular weight excluding hydrogens is 295 g/mol. The molecule has 108 valence electrons. The molecule has 1 aliphatic rings. The van der Waals surface area contributed by atoms with Gasteiger partial charge >= 0.3 is 0 Å². The van der Waals surface area contributed by atoms with Crippen molar-refractivity contribution in [3.05, 3.63) is 41.2 Å². The average Bonchev–Trinajstić information content (AvgIpc) is 2.44. The van der Waals surface area contributed by atoms with Crippen LogP contribution >= 0.6 is 11.6 Å². The van der Waals surface area contributed by atoms with Crippen LogP contribution in [0.25, 0.3) is 0 Å². The van der Waals surface area contributed by atoms with Crippen LogP contribution in [-0.4, -0.2) is 12.5 Å². The van der Waals surface area contributed by atoms with Gasteiger partial charge in [0.25, 0.3) is 0 Å². The zero-order chi connectivity index (χ0) is 15.1. The minimum atomic E-state index is -0.737. The van der Waals surface area contributed by atoms with Gasteiger partial charge in [-0.3, -0.25) is 4.79 Å². The minimum Gasteiger partial charge on any atom is -0.397 e. The average molecular weight is 307 g/mol. The molecule has 0 fully saturated rings. The molecular formula is C14H12ClFN4O. The second kappa shape index (κ2) is 4.82. The van der Waals surface area contributed by atoms with E-state index in [1.165, 1.54) is 11.0 Å². The van der Waals surface area contributed by atoms with Crippen molar-refractivity contribution in [2.45, 2.75) is 0 Å². The van der Waals surface area contributed by atoms with Crippen molar-refractivity contribution in [1.82, 2.24) is 0 Å². The molecule has 1 aliphatic heterocycles. The Hall–Kier alpha value is -2.47. The number of nitrogens with one attached hydrogen (secondary N) is 1. The monoisotopic (exact) mass is 306 g/mol. The zero-order valence-electron chi connectivity index (χ0n) is 10.9. The van der Waals surface area contributed by atoms with Crippen LogP contribution in [0.15, 0.2) is 30.3 Å². The van der Waals surface area contributed by atoms with Crippen LogP contribution in [0.1, 0.15) is 0 Å². The van der Waals surface area contributed by atoms with Gasteiger partial charge in [0.2, 0.25) is 5.91 Å². The van der Waals surface area contributed by atoms with Gasteiger partial charge in [0.1, 0.15) is 17.3 Å². The fraction of sp³-hybridized carbons (Fsp3) is 0.0714. The number of carbonyl (C=O) groups is 1. The molecule has 0 aliphatic carbocycles. The summed E-state index contributed by atoms with van der Waals surface area (Å²) >= 11 is 5.85. The molecule has 0 saturated carbocycles. The van der Waals surface area contributed by atoms with Gasteiger partial charge < -0.3 is 21.7 Å². The Morgan fingerprint density at radius 1 is 1.24 bits per heavy atom. The van der Waals surface area contributed by atoms with Crippen molar-refractivity contribution in [2.24, 2.45) is 0 Å². The molecule has 1 amide bonds. The highest BCUT2D eigenvalue weighted by molar-refractivity contribution is 6.33. The molecule has 0 spiro atoms. The van der Waals surface area contributed by atoms with Crippen LogP contribution in [0.2, 0.25) is 5.02 Å². The van der Waals surface area contributed by atoms with Crippen LogP contribution in [0.4, 0.5) is 32.8 Å². The number of nitrogen functional groups attached to an aromatic ring is 2.